The van der Waals surface area contributed by atoms with E-state index >= 15 is 0 Å². The molecule has 2 fully saturated rings. The molecule has 5 rings (SSSR count). The molecule has 7 nitrogen and oxygen atoms in total. The molecule has 0 saturated carbocycles. The largest absolute Gasteiger partial charge is 0.468 e. The highest BCUT2D eigenvalue weighted by atomic mass is 35.5. The Kier molecular flexibility index (Phi) is 11.2. The molecule has 0 N–H and O–H groups in total. The van der Waals surface area contributed by atoms with E-state index in [1.165, 1.54) is 52.3 Å². The Morgan fingerprint density at radius 3 is 2.45 bits per heavy atom. The maximum absolute atomic E-state index is 14.2. The van der Waals surface area contributed by atoms with Crippen LogP contribution in [0.5, 0.6) is 0 Å². The van der Waals surface area contributed by atoms with E-state index in [0.29, 0.717) is 27.2 Å². The van der Waals surface area contributed by atoms with Crippen molar-refractivity contribution in [1.29, 1.82) is 5.26 Å². The van der Waals surface area contributed by atoms with Gasteiger partial charge in [0.25, 0.3) is 5.91 Å². The number of carbonyl (C=O) groups excluding carboxylic acids is 2. The maximum Gasteiger partial charge on any atom is 0.325 e. The third kappa shape index (κ3) is 7.92. The monoisotopic (exact) mass is 634 g/mol. The first-order chi connectivity index (χ1) is 21.4. The van der Waals surface area contributed by atoms with Crippen LogP contribution in [-0.4, -0.2) is 85.5 Å². The maximum atomic E-state index is 14.2. The molecule has 2 aliphatic rings. The number of carbonyl (C=O) groups is 2. The molecule has 0 spiro atoms. The van der Waals surface area contributed by atoms with Crippen molar-refractivity contribution in [2.24, 2.45) is 0 Å². The Morgan fingerprint density at radius 1 is 1.00 bits per heavy atom. The summed E-state index contributed by atoms with van der Waals surface area (Å²) in [6, 6.07) is 19.3. The number of hydrogen-bond donors (Lipinski definition) is 0. The summed E-state index contributed by atoms with van der Waals surface area (Å²) in [5, 5.41) is 12.1. The fourth-order valence-corrected chi connectivity index (χ4v) is 6.99. The summed E-state index contributed by atoms with van der Waals surface area (Å²) < 4.78 is 5.00. The quantitative estimate of drug-likeness (QED) is 0.229. The third-order valence-corrected chi connectivity index (χ3v) is 9.91. The lowest BCUT2D eigenvalue weighted by atomic mass is 9.93. The van der Waals surface area contributed by atoms with E-state index in [-0.39, 0.29) is 24.9 Å². The molecular formula is C35H40Cl2N4O3. The minimum absolute atomic E-state index is 0.108. The summed E-state index contributed by atoms with van der Waals surface area (Å²) in [5.74, 6) is -0.938. The van der Waals surface area contributed by atoms with Crippen molar-refractivity contribution in [2.75, 3.05) is 52.9 Å². The van der Waals surface area contributed by atoms with Crippen molar-refractivity contribution in [2.45, 2.75) is 50.5 Å². The molecule has 2 saturated heterocycles. The van der Waals surface area contributed by atoms with E-state index in [1.807, 2.05) is 36.4 Å². The topological polar surface area (TPSA) is 76.9 Å². The summed E-state index contributed by atoms with van der Waals surface area (Å²) in [7, 11) is 1.32. The molecule has 232 valence electrons. The van der Waals surface area contributed by atoms with Gasteiger partial charge in [-0.25, -0.2) is 0 Å². The number of fused-ring (bicyclic) bond motifs is 1. The number of rotatable bonds is 10. The molecule has 3 aromatic carbocycles. The average molecular weight is 636 g/mol. The van der Waals surface area contributed by atoms with Crippen LogP contribution in [0.15, 0.2) is 54.6 Å². The van der Waals surface area contributed by atoms with Crippen LogP contribution < -0.4 is 0 Å². The van der Waals surface area contributed by atoms with Gasteiger partial charge in [0.15, 0.2) is 0 Å². The van der Waals surface area contributed by atoms with Gasteiger partial charge in [0, 0.05) is 24.1 Å². The minimum atomic E-state index is -0.508. The predicted molar refractivity (Wildman–Crippen MR) is 175 cm³/mol. The van der Waals surface area contributed by atoms with Crippen LogP contribution >= 0.6 is 23.2 Å². The van der Waals surface area contributed by atoms with E-state index < -0.39 is 5.97 Å². The summed E-state index contributed by atoms with van der Waals surface area (Å²) >= 11 is 12.7. The van der Waals surface area contributed by atoms with Crippen molar-refractivity contribution in [3.05, 3.63) is 81.3 Å². The molecule has 0 bridgehead atoms. The lowest BCUT2D eigenvalue weighted by Gasteiger charge is -2.40. The molecular weight excluding hydrogens is 595 g/mol. The van der Waals surface area contributed by atoms with E-state index in [2.05, 4.69) is 15.9 Å². The number of halogens is 2. The second kappa shape index (κ2) is 15.2. The fourth-order valence-electron chi connectivity index (χ4n) is 6.69. The number of esters is 1. The molecule has 9 heteroatoms. The van der Waals surface area contributed by atoms with E-state index in [4.69, 9.17) is 27.9 Å². The first-order valence-corrected chi connectivity index (χ1v) is 16.3. The number of methoxy groups -OCH3 is 1. The smallest absolute Gasteiger partial charge is 0.325 e. The van der Waals surface area contributed by atoms with Gasteiger partial charge >= 0.3 is 5.97 Å². The second-order valence-corrected chi connectivity index (χ2v) is 12.8. The molecule has 0 aliphatic carbocycles. The number of benzene rings is 3. The number of likely N-dealkylation sites (tertiary alicyclic amines) is 2. The van der Waals surface area contributed by atoms with Gasteiger partial charge in [-0.3, -0.25) is 9.59 Å². The van der Waals surface area contributed by atoms with Crippen LogP contribution in [-0.2, 0) is 9.53 Å². The average Bonchev–Trinajstić information content (AvgIpc) is 3.07. The van der Waals surface area contributed by atoms with Crippen molar-refractivity contribution >= 4 is 45.9 Å². The Labute approximate surface area is 270 Å². The Morgan fingerprint density at radius 2 is 1.75 bits per heavy atom. The first kappa shape index (κ1) is 32.2. The summed E-state index contributed by atoms with van der Waals surface area (Å²) in [5.41, 5.74) is 1.73. The molecule has 0 aromatic heterocycles. The highest BCUT2D eigenvalue weighted by molar-refractivity contribution is 6.42. The molecule has 2 aliphatic heterocycles. The van der Waals surface area contributed by atoms with Crippen LogP contribution in [0.4, 0.5) is 0 Å². The number of hydrogen-bond acceptors (Lipinski definition) is 6. The van der Waals surface area contributed by atoms with Gasteiger partial charge in [0.05, 0.1) is 28.8 Å². The zero-order valence-corrected chi connectivity index (χ0v) is 26.8. The number of amides is 1. The van der Waals surface area contributed by atoms with E-state index in [0.717, 1.165) is 42.4 Å². The van der Waals surface area contributed by atoms with Gasteiger partial charge in [0.2, 0.25) is 0 Å². The molecule has 0 radical (unpaired) electrons. The summed E-state index contributed by atoms with van der Waals surface area (Å²) in [6.45, 7) is 5.48. The zero-order valence-electron chi connectivity index (χ0n) is 25.3. The Hall–Kier alpha value is -3.15. The summed E-state index contributed by atoms with van der Waals surface area (Å²) in [4.78, 5) is 33.6. The van der Waals surface area contributed by atoms with E-state index in [9.17, 15) is 14.9 Å². The van der Waals surface area contributed by atoms with Gasteiger partial charge in [0.1, 0.15) is 6.54 Å². The van der Waals surface area contributed by atoms with Crippen LogP contribution in [0, 0.1) is 11.3 Å². The summed E-state index contributed by atoms with van der Waals surface area (Å²) in [6.07, 6.45) is 7.09. The van der Waals surface area contributed by atoms with Gasteiger partial charge in [-0.15, -0.1) is 0 Å². The molecule has 1 unspecified atom stereocenters. The Balaban J connectivity index is 1.38. The van der Waals surface area contributed by atoms with Gasteiger partial charge in [-0.05, 0) is 105 Å². The molecule has 1 atom stereocenters. The highest BCUT2D eigenvalue weighted by Crippen LogP contribution is 2.31. The van der Waals surface area contributed by atoms with Crippen LogP contribution in [0.2, 0.25) is 10.0 Å². The number of nitrogens with zero attached hydrogens (tertiary/aromatic N) is 4. The molecule has 3 aromatic rings. The van der Waals surface area contributed by atoms with Crippen LogP contribution in [0.3, 0.4) is 0 Å². The molecule has 44 heavy (non-hydrogen) atoms. The number of nitriles is 1. The SMILES string of the molecule is COC(=O)CN(CC(CCN1CCC(N2CCCCC2)CC1)c1ccc(Cl)c(Cl)c1)C(=O)c1cc(C#N)cc2ccccc12. The number of ether oxygens (including phenoxy) is 1. The molecule has 1 amide bonds. The normalized spacial score (nSPS) is 17.2. The first-order valence-electron chi connectivity index (χ1n) is 15.6. The van der Waals surface area contributed by atoms with Crippen molar-refractivity contribution < 1.29 is 14.3 Å². The highest BCUT2D eigenvalue weighted by Gasteiger charge is 2.29. The van der Waals surface area contributed by atoms with E-state index in [1.54, 1.807) is 23.1 Å². The van der Waals surface area contributed by atoms with Crippen LogP contribution in [0.1, 0.15) is 65.9 Å². The van der Waals surface area contributed by atoms with Gasteiger partial charge in [-0.1, -0.05) is 60.0 Å². The van der Waals surface area contributed by atoms with Crippen molar-refractivity contribution in [3.8, 4) is 6.07 Å². The van der Waals surface area contributed by atoms with Gasteiger partial charge < -0.3 is 19.4 Å². The van der Waals surface area contributed by atoms with Crippen molar-refractivity contribution in [1.82, 2.24) is 14.7 Å². The van der Waals surface area contributed by atoms with Crippen molar-refractivity contribution in [3.63, 3.8) is 0 Å². The standard InChI is InChI=1S/C35H40Cl2N4O3/c1-44-34(42)24-41(35(43)31-20-25(22-38)19-27-7-3-4-8-30(27)31)23-28(26-9-10-32(36)33(37)21-26)11-16-39-17-12-29(13-18-39)40-14-5-2-6-15-40/h3-4,7-10,19-21,28-29H,2,5-6,11-18,23-24H2,1H3. The Bertz CT molecular complexity index is 1510. The lowest BCUT2D eigenvalue weighted by molar-refractivity contribution is -0.141. The predicted octanol–water partition coefficient (Wildman–Crippen LogP) is 6.76. The zero-order chi connectivity index (χ0) is 31.1. The second-order valence-electron chi connectivity index (χ2n) is 11.9. The van der Waals surface area contributed by atoms with Crippen LogP contribution in [0.25, 0.3) is 10.8 Å². The minimum Gasteiger partial charge on any atom is -0.468 e. The number of piperidine rings is 2. The van der Waals surface area contributed by atoms with Gasteiger partial charge in [-0.2, -0.15) is 5.26 Å². The lowest BCUT2D eigenvalue weighted by Crippen LogP contribution is -2.47. The molecule has 2 heterocycles. The fraction of sp³-hybridized carbons (Fsp3) is 0.457. The third-order valence-electron chi connectivity index (χ3n) is 9.17.